The van der Waals surface area contributed by atoms with Crippen LogP contribution in [0.15, 0.2) is 71.1 Å². The minimum absolute atomic E-state index is 0.00930. The van der Waals surface area contributed by atoms with E-state index in [-0.39, 0.29) is 17.3 Å². The lowest BCUT2D eigenvalue weighted by Gasteiger charge is -2.09. The Morgan fingerprint density at radius 2 is 1.52 bits per heavy atom. The van der Waals surface area contributed by atoms with Crippen molar-refractivity contribution >= 4 is 40.8 Å². The van der Waals surface area contributed by atoms with E-state index in [1.165, 1.54) is 12.1 Å². The van der Waals surface area contributed by atoms with Crippen molar-refractivity contribution in [3.05, 3.63) is 78.3 Å². The lowest BCUT2D eigenvalue weighted by Crippen LogP contribution is -2.19. The number of carbonyl (C=O) groups is 2. The van der Waals surface area contributed by atoms with Crippen LogP contribution in [0.2, 0.25) is 0 Å². The van der Waals surface area contributed by atoms with Crippen molar-refractivity contribution in [3.63, 3.8) is 0 Å². The highest BCUT2D eigenvalue weighted by atomic mass is 32.2. The Kier molecular flexibility index (Phi) is 6.85. The van der Waals surface area contributed by atoms with Crippen LogP contribution in [0.5, 0.6) is 0 Å². The van der Waals surface area contributed by atoms with Gasteiger partial charge in [-0.05, 0) is 42.5 Å². The molecule has 3 rings (SSSR count). The monoisotopic (exact) mass is 417 g/mol. The van der Waals surface area contributed by atoms with E-state index in [2.05, 4.69) is 16.0 Å². The summed E-state index contributed by atoms with van der Waals surface area (Å²) in [6.45, 7) is 0. The number of carbonyl (C=O) groups excluding carboxylic acids is 2. The van der Waals surface area contributed by atoms with Gasteiger partial charge in [-0.3, -0.25) is 4.79 Å². The molecule has 0 bridgehead atoms. The molecule has 29 heavy (non-hydrogen) atoms. The molecule has 0 spiro atoms. The van der Waals surface area contributed by atoms with Gasteiger partial charge in [-0.15, -0.1) is 0 Å². The molecule has 9 heteroatoms. The van der Waals surface area contributed by atoms with E-state index >= 15 is 0 Å². The largest absolute Gasteiger partial charge is 0.455 e. The van der Waals surface area contributed by atoms with Crippen molar-refractivity contribution < 1.29 is 22.8 Å². The lowest BCUT2D eigenvalue weighted by molar-refractivity contribution is 0.0995. The van der Waals surface area contributed by atoms with Crippen molar-refractivity contribution in [2.75, 3.05) is 16.0 Å². The number of nitrogens with one attached hydrogen (secondary N) is 3. The number of thioether (sulfide) groups is 1. The highest BCUT2D eigenvalue weighted by Gasteiger charge is 2.13. The highest BCUT2D eigenvalue weighted by Crippen LogP contribution is 2.22. The van der Waals surface area contributed by atoms with Gasteiger partial charge in [-0.1, -0.05) is 36.0 Å². The fourth-order valence-corrected chi connectivity index (χ4v) is 2.85. The quantitative estimate of drug-likeness (QED) is 0.465. The molecule has 0 atom stereocenters. The van der Waals surface area contributed by atoms with Gasteiger partial charge < -0.3 is 20.4 Å². The van der Waals surface area contributed by atoms with Crippen molar-refractivity contribution in [1.82, 2.24) is 0 Å². The van der Waals surface area contributed by atoms with Crippen molar-refractivity contribution in [1.29, 1.82) is 0 Å². The SMILES string of the molecule is O=C(Nc1ccccc1)Nc1cccc(NC(=O)c2ccc(CSC(F)F)o2)c1. The van der Waals surface area contributed by atoms with Crippen LogP contribution < -0.4 is 16.0 Å². The maximum absolute atomic E-state index is 12.3. The second-order valence-corrected chi connectivity index (χ2v) is 6.80. The molecule has 3 aromatic rings. The molecule has 1 heterocycles. The van der Waals surface area contributed by atoms with E-state index in [1.54, 1.807) is 48.5 Å². The Morgan fingerprint density at radius 1 is 0.862 bits per heavy atom. The van der Waals surface area contributed by atoms with Crippen LogP contribution in [0.3, 0.4) is 0 Å². The molecule has 3 N–H and O–H groups in total. The third-order valence-corrected chi connectivity index (χ3v) is 4.35. The number of amides is 3. The number of urea groups is 1. The van der Waals surface area contributed by atoms with E-state index in [4.69, 9.17) is 4.42 Å². The molecule has 0 aliphatic heterocycles. The molecular formula is C20H17F2N3O3S. The second-order valence-electron chi connectivity index (χ2n) is 5.82. The summed E-state index contributed by atoms with van der Waals surface area (Å²) in [5.41, 5.74) is 1.56. The van der Waals surface area contributed by atoms with Crippen molar-refractivity contribution in [2.24, 2.45) is 0 Å². The molecule has 0 radical (unpaired) electrons. The van der Waals surface area contributed by atoms with Crippen molar-refractivity contribution in [3.8, 4) is 0 Å². The number of halogens is 2. The van der Waals surface area contributed by atoms with Crippen LogP contribution in [-0.4, -0.2) is 17.7 Å². The molecule has 0 saturated carbocycles. The predicted molar refractivity (Wildman–Crippen MR) is 109 cm³/mol. The Morgan fingerprint density at radius 3 is 2.24 bits per heavy atom. The zero-order valence-corrected chi connectivity index (χ0v) is 15.8. The van der Waals surface area contributed by atoms with Gasteiger partial charge >= 0.3 is 6.03 Å². The third kappa shape index (κ3) is 6.35. The first-order chi connectivity index (χ1) is 14.0. The van der Waals surface area contributed by atoms with Crippen LogP contribution in [0.4, 0.5) is 30.6 Å². The summed E-state index contributed by atoms with van der Waals surface area (Å²) in [7, 11) is 0. The first-order valence-corrected chi connectivity index (χ1v) is 9.57. The standard InChI is InChI=1S/C20H17F2N3O3S/c21-19(22)29-12-16-9-10-17(28-16)18(26)23-14-7-4-8-15(11-14)25-20(27)24-13-5-2-1-3-6-13/h1-11,19H,12H2,(H,23,26)(H2,24,25,27). The van der Waals surface area contributed by atoms with E-state index in [0.717, 1.165) is 0 Å². The number of furan rings is 1. The first-order valence-electron chi connectivity index (χ1n) is 8.52. The molecule has 2 aromatic carbocycles. The first kappa shape index (κ1) is 20.4. The van der Waals surface area contributed by atoms with Gasteiger partial charge in [0.25, 0.3) is 11.7 Å². The number of rotatable bonds is 7. The number of hydrogen-bond acceptors (Lipinski definition) is 4. The maximum Gasteiger partial charge on any atom is 0.323 e. The Bertz CT molecular complexity index is 980. The number of benzene rings is 2. The van der Waals surface area contributed by atoms with Crippen LogP contribution in [0.25, 0.3) is 0 Å². The summed E-state index contributed by atoms with van der Waals surface area (Å²) >= 11 is 0.417. The molecule has 0 fully saturated rings. The van der Waals surface area contributed by atoms with Crippen LogP contribution in [0, 0.1) is 0 Å². The topological polar surface area (TPSA) is 83.4 Å². The molecule has 150 valence electrons. The smallest absolute Gasteiger partial charge is 0.323 e. The predicted octanol–water partition coefficient (Wildman–Crippen LogP) is 5.63. The molecule has 3 amide bonds. The maximum atomic E-state index is 12.3. The molecular weight excluding hydrogens is 400 g/mol. The van der Waals surface area contributed by atoms with E-state index in [0.29, 0.717) is 28.8 Å². The fraction of sp³-hybridized carbons (Fsp3) is 0.100. The number of alkyl halides is 2. The van der Waals surface area contributed by atoms with Gasteiger partial charge in [-0.2, -0.15) is 8.78 Å². The molecule has 0 aliphatic rings. The number of hydrogen-bond donors (Lipinski definition) is 3. The average molecular weight is 417 g/mol. The van der Waals surface area contributed by atoms with Gasteiger partial charge in [-0.25, -0.2) is 4.79 Å². The average Bonchev–Trinajstić information content (AvgIpc) is 3.16. The highest BCUT2D eigenvalue weighted by molar-refractivity contribution is 7.98. The Hall–Kier alpha value is -3.33. The molecule has 1 aromatic heterocycles. The number of para-hydroxylation sites is 1. The minimum Gasteiger partial charge on any atom is -0.455 e. The van der Waals surface area contributed by atoms with E-state index < -0.39 is 17.7 Å². The van der Waals surface area contributed by atoms with Crippen LogP contribution >= 0.6 is 11.8 Å². The summed E-state index contributed by atoms with van der Waals surface area (Å²) in [5, 5.41) is 8.01. The summed E-state index contributed by atoms with van der Waals surface area (Å²) in [5.74, 6) is -2.76. The van der Waals surface area contributed by atoms with Crippen LogP contribution in [0.1, 0.15) is 16.3 Å². The van der Waals surface area contributed by atoms with Gasteiger partial charge in [0.15, 0.2) is 5.76 Å². The Labute approximate surface area is 169 Å². The second kappa shape index (κ2) is 9.74. The van der Waals surface area contributed by atoms with Crippen molar-refractivity contribution in [2.45, 2.75) is 11.5 Å². The summed E-state index contributed by atoms with van der Waals surface area (Å²) in [6, 6.07) is 18.0. The molecule has 0 unspecified atom stereocenters. The van der Waals surface area contributed by atoms with E-state index in [1.807, 2.05) is 6.07 Å². The molecule has 0 saturated heterocycles. The Balaban J connectivity index is 1.58. The fourth-order valence-electron chi connectivity index (χ4n) is 2.40. The van der Waals surface area contributed by atoms with E-state index in [9.17, 15) is 18.4 Å². The van der Waals surface area contributed by atoms with Gasteiger partial charge in [0, 0.05) is 17.1 Å². The zero-order valence-electron chi connectivity index (χ0n) is 15.0. The molecule has 6 nitrogen and oxygen atoms in total. The minimum atomic E-state index is -2.51. The van der Waals surface area contributed by atoms with Gasteiger partial charge in [0.05, 0.1) is 5.75 Å². The van der Waals surface area contributed by atoms with Gasteiger partial charge in [0.1, 0.15) is 5.76 Å². The summed E-state index contributed by atoms with van der Waals surface area (Å²) < 4.78 is 29.7. The summed E-state index contributed by atoms with van der Waals surface area (Å²) in [6.07, 6.45) is 0. The lowest BCUT2D eigenvalue weighted by atomic mass is 10.2. The summed E-state index contributed by atoms with van der Waals surface area (Å²) in [4.78, 5) is 24.3. The third-order valence-electron chi connectivity index (χ3n) is 3.65. The normalized spacial score (nSPS) is 10.6. The molecule has 0 aliphatic carbocycles. The van der Waals surface area contributed by atoms with Crippen LogP contribution in [-0.2, 0) is 5.75 Å². The zero-order chi connectivity index (χ0) is 20.6. The number of anilines is 3. The van der Waals surface area contributed by atoms with Gasteiger partial charge in [0.2, 0.25) is 0 Å².